The van der Waals surface area contributed by atoms with Gasteiger partial charge in [0.2, 0.25) is 0 Å². The Morgan fingerprint density at radius 3 is 2.62 bits per heavy atom. The Labute approximate surface area is 148 Å². The van der Waals surface area contributed by atoms with Gasteiger partial charge in [0, 0.05) is 19.7 Å². The number of nitrogens with one attached hydrogen (secondary N) is 1. The van der Waals surface area contributed by atoms with E-state index in [1.54, 1.807) is 0 Å². The number of hydrogen-bond acceptors (Lipinski definition) is 3. The fourth-order valence-electron chi connectivity index (χ4n) is 3.82. The zero-order valence-corrected chi connectivity index (χ0v) is 16.1. The summed E-state index contributed by atoms with van der Waals surface area (Å²) >= 11 is 0. The van der Waals surface area contributed by atoms with E-state index < -0.39 is 0 Å². The largest absolute Gasteiger partial charge is 0.376 e. The highest BCUT2D eigenvalue weighted by Gasteiger charge is 2.33. The van der Waals surface area contributed by atoms with Gasteiger partial charge in [-0.05, 0) is 77.6 Å². The molecule has 3 heteroatoms. The monoisotopic (exact) mass is 332 g/mol. The highest BCUT2D eigenvalue weighted by Crippen LogP contribution is 2.36. The van der Waals surface area contributed by atoms with Gasteiger partial charge in [-0.3, -0.25) is 0 Å². The van der Waals surface area contributed by atoms with Crippen molar-refractivity contribution in [3.63, 3.8) is 0 Å². The van der Waals surface area contributed by atoms with Crippen molar-refractivity contribution in [2.24, 2.45) is 11.8 Å². The Morgan fingerprint density at radius 2 is 1.96 bits per heavy atom. The number of nitrogens with zero attached hydrogens (tertiary/aromatic N) is 1. The second-order valence-corrected chi connectivity index (χ2v) is 8.15. The molecule has 1 aromatic carbocycles. The summed E-state index contributed by atoms with van der Waals surface area (Å²) in [6.45, 7) is 8.69. The van der Waals surface area contributed by atoms with Crippen LogP contribution in [0.15, 0.2) is 30.3 Å². The quantitative estimate of drug-likeness (QED) is 0.699. The van der Waals surface area contributed by atoms with Crippen molar-refractivity contribution < 1.29 is 4.74 Å². The van der Waals surface area contributed by atoms with Crippen LogP contribution in [0.1, 0.15) is 38.7 Å². The predicted molar refractivity (Wildman–Crippen MR) is 102 cm³/mol. The smallest absolute Gasteiger partial charge is 0.0629 e. The van der Waals surface area contributed by atoms with Gasteiger partial charge in [0.15, 0.2) is 0 Å². The minimum Gasteiger partial charge on any atom is -0.376 e. The Morgan fingerprint density at radius 1 is 1.21 bits per heavy atom. The molecule has 0 aliphatic carbocycles. The van der Waals surface area contributed by atoms with Crippen LogP contribution < -0.4 is 5.32 Å². The number of likely N-dealkylation sites (N-methyl/N-ethyl adjacent to an activating group) is 1. The van der Waals surface area contributed by atoms with Crippen molar-refractivity contribution in [3.05, 3.63) is 35.9 Å². The maximum absolute atomic E-state index is 5.94. The molecule has 0 saturated carbocycles. The van der Waals surface area contributed by atoms with E-state index in [-0.39, 0.29) is 5.60 Å². The van der Waals surface area contributed by atoms with Gasteiger partial charge in [-0.1, -0.05) is 30.3 Å². The van der Waals surface area contributed by atoms with Crippen LogP contribution in [-0.2, 0) is 11.2 Å². The number of benzene rings is 1. The van der Waals surface area contributed by atoms with Crippen LogP contribution in [0.4, 0.5) is 0 Å². The maximum Gasteiger partial charge on any atom is 0.0629 e. The van der Waals surface area contributed by atoms with Gasteiger partial charge < -0.3 is 15.0 Å². The van der Waals surface area contributed by atoms with Gasteiger partial charge >= 0.3 is 0 Å². The average Bonchev–Trinajstić information content (AvgIpc) is 2.53. The summed E-state index contributed by atoms with van der Waals surface area (Å²) in [5, 5.41) is 3.62. The number of hydrogen-bond donors (Lipinski definition) is 1. The van der Waals surface area contributed by atoms with E-state index in [0.717, 1.165) is 38.1 Å². The highest BCUT2D eigenvalue weighted by atomic mass is 16.5. The normalized spacial score (nSPS) is 21.8. The van der Waals surface area contributed by atoms with E-state index in [9.17, 15) is 0 Å². The van der Waals surface area contributed by atoms with E-state index in [1.807, 2.05) is 0 Å². The molecule has 1 fully saturated rings. The van der Waals surface area contributed by atoms with Crippen LogP contribution in [0.5, 0.6) is 0 Å². The lowest BCUT2D eigenvalue weighted by atomic mass is 9.76. The van der Waals surface area contributed by atoms with Gasteiger partial charge in [-0.25, -0.2) is 0 Å². The third-order valence-corrected chi connectivity index (χ3v) is 5.17. The van der Waals surface area contributed by atoms with Crippen LogP contribution in [0.2, 0.25) is 0 Å². The van der Waals surface area contributed by atoms with Gasteiger partial charge in [0.05, 0.1) is 5.60 Å². The Bertz CT molecular complexity index is 458. The topological polar surface area (TPSA) is 24.5 Å². The van der Waals surface area contributed by atoms with E-state index in [0.29, 0.717) is 0 Å². The second-order valence-electron chi connectivity index (χ2n) is 8.15. The first-order chi connectivity index (χ1) is 11.5. The van der Waals surface area contributed by atoms with Crippen LogP contribution in [0, 0.1) is 11.8 Å². The predicted octanol–water partition coefficient (Wildman–Crippen LogP) is 3.59. The molecule has 1 aliphatic rings. The fraction of sp³-hybridized carbons (Fsp3) is 0.714. The van der Waals surface area contributed by atoms with Crippen molar-refractivity contribution in [3.8, 4) is 0 Å². The lowest BCUT2D eigenvalue weighted by Crippen LogP contribution is -2.38. The van der Waals surface area contributed by atoms with E-state index in [4.69, 9.17) is 4.74 Å². The van der Waals surface area contributed by atoms with Crippen molar-refractivity contribution in [2.45, 2.75) is 45.1 Å². The summed E-state index contributed by atoms with van der Waals surface area (Å²) in [5.74, 6) is 1.51. The molecule has 24 heavy (non-hydrogen) atoms. The molecule has 1 aliphatic heterocycles. The standard InChI is InChI=1S/C21H36N2O/c1-21(2)17-20(11-15-24-21)19(10-12-22-13-14-23(3)4)16-18-8-6-5-7-9-18/h5-9,19-20,22H,10-17H2,1-4H3/t19-,20+/m1/s1. The summed E-state index contributed by atoms with van der Waals surface area (Å²) in [7, 11) is 4.26. The molecule has 2 rings (SSSR count). The lowest BCUT2D eigenvalue weighted by Gasteiger charge is -2.39. The Balaban J connectivity index is 1.91. The third-order valence-electron chi connectivity index (χ3n) is 5.17. The molecule has 0 amide bonds. The number of ether oxygens (including phenoxy) is 1. The van der Waals surface area contributed by atoms with Crippen molar-refractivity contribution >= 4 is 0 Å². The molecule has 0 unspecified atom stereocenters. The van der Waals surface area contributed by atoms with E-state index in [2.05, 4.69) is 68.5 Å². The van der Waals surface area contributed by atoms with Crippen LogP contribution in [0.3, 0.4) is 0 Å². The molecule has 1 N–H and O–H groups in total. The van der Waals surface area contributed by atoms with E-state index in [1.165, 1.54) is 31.2 Å². The molecular formula is C21H36N2O. The zero-order chi connectivity index (χ0) is 17.4. The first-order valence-corrected chi connectivity index (χ1v) is 9.49. The molecule has 1 heterocycles. The minimum atomic E-state index is 0.0379. The average molecular weight is 333 g/mol. The Hall–Kier alpha value is -0.900. The van der Waals surface area contributed by atoms with Crippen molar-refractivity contribution in [2.75, 3.05) is 40.3 Å². The lowest BCUT2D eigenvalue weighted by molar-refractivity contribution is -0.0830. The molecule has 3 nitrogen and oxygen atoms in total. The fourth-order valence-corrected chi connectivity index (χ4v) is 3.82. The molecule has 1 saturated heterocycles. The molecule has 1 aromatic rings. The third kappa shape index (κ3) is 6.92. The maximum atomic E-state index is 5.94. The summed E-state index contributed by atoms with van der Waals surface area (Å²) in [6, 6.07) is 11.0. The first kappa shape index (κ1) is 19.4. The van der Waals surface area contributed by atoms with Gasteiger partial charge in [0.1, 0.15) is 0 Å². The molecule has 0 aromatic heterocycles. The van der Waals surface area contributed by atoms with Crippen molar-refractivity contribution in [1.82, 2.24) is 10.2 Å². The second kappa shape index (κ2) is 9.55. The summed E-state index contributed by atoms with van der Waals surface area (Å²) in [6.07, 6.45) is 4.83. The molecule has 2 atom stereocenters. The molecule has 0 spiro atoms. The first-order valence-electron chi connectivity index (χ1n) is 9.49. The molecule has 0 bridgehead atoms. The minimum absolute atomic E-state index is 0.0379. The van der Waals surface area contributed by atoms with Crippen LogP contribution in [0.25, 0.3) is 0 Å². The highest BCUT2D eigenvalue weighted by molar-refractivity contribution is 5.15. The van der Waals surface area contributed by atoms with E-state index >= 15 is 0 Å². The SMILES string of the molecule is CN(C)CCNCC[C@H](Cc1ccccc1)[C@H]1CCOC(C)(C)C1. The van der Waals surface area contributed by atoms with Gasteiger partial charge in [-0.15, -0.1) is 0 Å². The van der Waals surface area contributed by atoms with Crippen LogP contribution >= 0.6 is 0 Å². The van der Waals surface area contributed by atoms with Gasteiger partial charge in [-0.2, -0.15) is 0 Å². The van der Waals surface area contributed by atoms with Crippen molar-refractivity contribution in [1.29, 1.82) is 0 Å². The molecule has 136 valence electrons. The summed E-state index contributed by atoms with van der Waals surface area (Å²) in [5.41, 5.74) is 1.51. The molecule has 0 radical (unpaired) electrons. The number of rotatable bonds is 9. The summed E-state index contributed by atoms with van der Waals surface area (Å²) in [4.78, 5) is 2.23. The zero-order valence-electron chi connectivity index (χ0n) is 16.1. The summed E-state index contributed by atoms with van der Waals surface area (Å²) < 4.78 is 5.94. The van der Waals surface area contributed by atoms with Gasteiger partial charge in [0.25, 0.3) is 0 Å². The van der Waals surface area contributed by atoms with Crippen LogP contribution in [-0.4, -0.2) is 50.8 Å². The molecular weight excluding hydrogens is 296 g/mol. The Kier molecular flexibility index (Phi) is 7.73.